The van der Waals surface area contributed by atoms with Crippen molar-refractivity contribution in [3.8, 4) is 34.5 Å². The zero-order chi connectivity index (χ0) is 23.2. The second-order valence-electron chi connectivity index (χ2n) is 6.95. The Bertz CT molecular complexity index is 1260. The largest absolute Gasteiger partial charge is 0.493 e. The summed E-state index contributed by atoms with van der Waals surface area (Å²) < 4.78 is 63.7. The van der Waals surface area contributed by atoms with Crippen LogP contribution in [0.4, 0.5) is 8.78 Å². The average molecular weight is 444 g/mol. The van der Waals surface area contributed by atoms with Gasteiger partial charge >= 0.3 is 0 Å². The first-order valence-electron chi connectivity index (χ1n) is 9.61. The summed E-state index contributed by atoms with van der Waals surface area (Å²) in [6.45, 7) is 0. The van der Waals surface area contributed by atoms with Crippen molar-refractivity contribution in [1.29, 1.82) is 0 Å². The van der Waals surface area contributed by atoms with Crippen LogP contribution in [0.15, 0.2) is 24.3 Å². The van der Waals surface area contributed by atoms with Crippen molar-refractivity contribution in [1.82, 2.24) is 0 Å². The lowest BCUT2D eigenvalue weighted by Crippen LogP contribution is -2.01. The van der Waals surface area contributed by atoms with E-state index in [4.69, 9.17) is 28.4 Å². The topological polar surface area (TPSA) is 55.4 Å². The predicted octanol–water partition coefficient (Wildman–Crippen LogP) is 5.48. The van der Waals surface area contributed by atoms with Crippen LogP contribution < -0.4 is 28.4 Å². The average Bonchev–Trinajstić information content (AvgIpc) is 2.83. The molecule has 0 radical (unpaired) electrons. The third-order valence-corrected chi connectivity index (χ3v) is 5.58. The van der Waals surface area contributed by atoms with E-state index in [0.717, 1.165) is 0 Å². The van der Waals surface area contributed by atoms with Crippen LogP contribution in [0.1, 0.15) is 0 Å². The summed E-state index contributed by atoms with van der Waals surface area (Å²) >= 11 is 0. The summed E-state index contributed by atoms with van der Waals surface area (Å²) in [5.74, 6) is -0.536. The molecule has 4 aromatic carbocycles. The number of hydrogen-bond donors (Lipinski definition) is 0. The van der Waals surface area contributed by atoms with Crippen molar-refractivity contribution >= 4 is 32.3 Å². The normalized spacial score (nSPS) is 11.1. The first-order valence-corrected chi connectivity index (χ1v) is 9.61. The van der Waals surface area contributed by atoms with E-state index in [1.54, 1.807) is 24.3 Å². The van der Waals surface area contributed by atoms with Crippen LogP contribution in [-0.2, 0) is 0 Å². The molecule has 0 saturated carbocycles. The fraction of sp³-hybridized carbons (Fsp3) is 0.250. The van der Waals surface area contributed by atoms with Crippen LogP contribution in [0, 0.1) is 11.6 Å². The fourth-order valence-corrected chi connectivity index (χ4v) is 4.13. The highest BCUT2D eigenvalue weighted by molar-refractivity contribution is 6.27. The van der Waals surface area contributed by atoms with Crippen LogP contribution in [0.3, 0.4) is 0 Å². The van der Waals surface area contributed by atoms with Gasteiger partial charge in [-0.3, -0.25) is 0 Å². The highest BCUT2D eigenvalue weighted by Gasteiger charge is 2.27. The van der Waals surface area contributed by atoms with Gasteiger partial charge in [-0.2, -0.15) is 0 Å². The van der Waals surface area contributed by atoms with Gasteiger partial charge in [-0.25, -0.2) is 8.78 Å². The number of benzene rings is 4. The molecule has 0 aliphatic rings. The van der Waals surface area contributed by atoms with Gasteiger partial charge in [0.25, 0.3) is 0 Å². The molecule has 0 bridgehead atoms. The smallest absolute Gasteiger partial charge is 0.200 e. The second kappa shape index (κ2) is 8.11. The molecule has 0 fully saturated rings. The van der Waals surface area contributed by atoms with Gasteiger partial charge in [0.1, 0.15) is 0 Å². The highest BCUT2D eigenvalue weighted by Crippen LogP contribution is 2.49. The van der Waals surface area contributed by atoms with Crippen molar-refractivity contribution in [2.75, 3.05) is 42.7 Å². The van der Waals surface area contributed by atoms with Crippen molar-refractivity contribution in [3.05, 3.63) is 35.9 Å². The quantitative estimate of drug-likeness (QED) is 0.367. The van der Waals surface area contributed by atoms with E-state index in [-0.39, 0.29) is 22.3 Å². The van der Waals surface area contributed by atoms with Crippen LogP contribution in [0.2, 0.25) is 0 Å². The number of fused-ring (bicyclic) bond motifs is 6. The zero-order valence-corrected chi connectivity index (χ0v) is 18.5. The molecular weight excluding hydrogens is 422 g/mol. The van der Waals surface area contributed by atoms with E-state index in [1.165, 1.54) is 42.7 Å². The molecule has 32 heavy (non-hydrogen) atoms. The van der Waals surface area contributed by atoms with Gasteiger partial charge in [0.2, 0.25) is 11.5 Å². The maximum Gasteiger partial charge on any atom is 0.200 e. The molecule has 0 aromatic heterocycles. The molecule has 0 spiro atoms. The Hall–Kier alpha value is -3.68. The molecule has 8 heteroatoms. The van der Waals surface area contributed by atoms with Gasteiger partial charge in [-0.1, -0.05) is 0 Å². The first-order chi connectivity index (χ1) is 15.4. The number of halogens is 2. The number of rotatable bonds is 6. The van der Waals surface area contributed by atoms with Crippen molar-refractivity contribution < 1.29 is 37.2 Å². The van der Waals surface area contributed by atoms with Gasteiger partial charge in [0.15, 0.2) is 34.6 Å². The van der Waals surface area contributed by atoms with E-state index >= 15 is 8.78 Å². The maximum atomic E-state index is 15.8. The van der Waals surface area contributed by atoms with Crippen LogP contribution in [0.5, 0.6) is 34.5 Å². The molecule has 0 saturated heterocycles. The second-order valence-corrected chi connectivity index (χ2v) is 6.95. The lowest BCUT2D eigenvalue weighted by Gasteiger charge is -2.19. The van der Waals surface area contributed by atoms with Gasteiger partial charge in [0.05, 0.1) is 42.7 Å². The summed E-state index contributed by atoms with van der Waals surface area (Å²) in [7, 11) is 8.47. The molecule has 0 aliphatic heterocycles. The molecule has 4 rings (SSSR count). The van der Waals surface area contributed by atoms with E-state index in [9.17, 15) is 0 Å². The third kappa shape index (κ3) is 2.90. The molecule has 4 aromatic rings. The van der Waals surface area contributed by atoms with E-state index < -0.39 is 11.6 Å². The third-order valence-electron chi connectivity index (χ3n) is 5.58. The number of methoxy groups -OCH3 is 6. The Morgan fingerprint density at radius 3 is 0.969 bits per heavy atom. The Balaban J connectivity index is 2.41. The van der Waals surface area contributed by atoms with E-state index in [1.807, 2.05) is 0 Å². The van der Waals surface area contributed by atoms with Gasteiger partial charge in [-0.05, 0) is 45.8 Å². The summed E-state index contributed by atoms with van der Waals surface area (Å²) in [5.41, 5.74) is 0. The summed E-state index contributed by atoms with van der Waals surface area (Å²) in [4.78, 5) is 0. The molecule has 0 N–H and O–H groups in total. The Labute approximate surface area is 183 Å². The standard InChI is InChI=1S/C24H22F2O6/c1-27-15-7-11-12-8-16(28-2)18(30-4)10-14(12)20-19(13(11)9-17(15)29-3)21(25)23(31-5)24(32-6)22(20)26/h7-10H,1-6H3. The predicted molar refractivity (Wildman–Crippen MR) is 118 cm³/mol. The first kappa shape index (κ1) is 21.5. The van der Waals surface area contributed by atoms with E-state index in [0.29, 0.717) is 44.5 Å². The fourth-order valence-electron chi connectivity index (χ4n) is 4.13. The SMILES string of the molecule is COc1cc2c3cc(OC)c(OC)cc3c3c(F)c(OC)c(OC)c(F)c3c2cc1OC. The Morgan fingerprint density at radius 2 is 0.719 bits per heavy atom. The minimum Gasteiger partial charge on any atom is -0.493 e. The summed E-state index contributed by atoms with van der Waals surface area (Å²) in [5, 5.41) is 2.09. The Morgan fingerprint density at radius 1 is 0.438 bits per heavy atom. The van der Waals surface area contributed by atoms with E-state index in [2.05, 4.69) is 0 Å². The van der Waals surface area contributed by atoms with Crippen molar-refractivity contribution in [2.45, 2.75) is 0 Å². The Kier molecular flexibility index (Phi) is 5.46. The van der Waals surface area contributed by atoms with Gasteiger partial charge in [0, 0.05) is 10.8 Å². The lowest BCUT2D eigenvalue weighted by molar-refractivity contribution is 0.326. The lowest BCUT2D eigenvalue weighted by atomic mass is 9.92. The maximum absolute atomic E-state index is 15.8. The molecular formula is C24H22F2O6. The van der Waals surface area contributed by atoms with Crippen LogP contribution >= 0.6 is 0 Å². The molecule has 0 aliphatic carbocycles. The molecule has 0 unspecified atom stereocenters. The molecule has 0 amide bonds. The summed E-state index contributed by atoms with van der Waals surface area (Å²) in [6.07, 6.45) is 0. The monoisotopic (exact) mass is 444 g/mol. The minimum absolute atomic E-state index is 0.0239. The molecule has 0 atom stereocenters. The minimum atomic E-state index is -0.755. The number of hydrogen-bond acceptors (Lipinski definition) is 6. The van der Waals surface area contributed by atoms with Crippen LogP contribution in [0.25, 0.3) is 32.3 Å². The molecule has 6 nitrogen and oxygen atoms in total. The van der Waals surface area contributed by atoms with Crippen molar-refractivity contribution in [2.24, 2.45) is 0 Å². The number of ether oxygens (including phenoxy) is 6. The molecule has 0 heterocycles. The highest BCUT2D eigenvalue weighted by atomic mass is 19.1. The zero-order valence-electron chi connectivity index (χ0n) is 18.5. The summed E-state index contributed by atoms with van der Waals surface area (Å²) in [6, 6.07) is 6.66. The van der Waals surface area contributed by atoms with Crippen molar-refractivity contribution in [3.63, 3.8) is 0 Å². The van der Waals surface area contributed by atoms with Crippen LogP contribution in [-0.4, -0.2) is 42.7 Å². The van der Waals surface area contributed by atoms with Gasteiger partial charge < -0.3 is 28.4 Å². The van der Waals surface area contributed by atoms with Gasteiger partial charge in [-0.15, -0.1) is 0 Å². The molecule has 168 valence electrons.